The van der Waals surface area contributed by atoms with Crippen molar-refractivity contribution in [1.29, 1.82) is 0 Å². The fourth-order valence-electron chi connectivity index (χ4n) is 3.10. The lowest BCUT2D eigenvalue weighted by Gasteiger charge is -2.41. The predicted molar refractivity (Wildman–Crippen MR) is 73.9 cm³/mol. The van der Waals surface area contributed by atoms with Gasteiger partial charge in [0.2, 0.25) is 5.91 Å². The van der Waals surface area contributed by atoms with Crippen molar-refractivity contribution in [3.8, 4) is 0 Å². The molecule has 0 saturated carbocycles. The van der Waals surface area contributed by atoms with Crippen molar-refractivity contribution in [2.75, 3.05) is 24.6 Å². The number of rotatable bonds is 3. The Morgan fingerprint density at radius 1 is 1.40 bits per heavy atom. The van der Waals surface area contributed by atoms with Crippen molar-refractivity contribution < 1.29 is 17.6 Å². The van der Waals surface area contributed by atoms with Crippen molar-refractivity contribution in [3.63, 3.8) is 0 Å². The fraction of sp³-hybridized carbons (Fsp3) is 0.643. The first-order chi connectivity index (χ1) is 9.53. The molecule has 0 aliphatic carbocycles. The monoisotopic (exact) mass is 297 g/mol. The van der Waals surface area contributed by atoms with Crippen molar-refractivity contribution >= 4 is 15.7 Å². The Hall–Kier alpha value is -1.30. The highest BCUT2D eigenvalue weighted by molar-refractivity contribution is 7.91. The standard InChI is InChI=1S/C14H19NO4S/c16-14(13-2-1-5-20(17,18)10-13)15-7-12(8-15)6-11-3-4-19-9-11/h3-4,9,12-13H,1-2,5-8,10H2. The number of nitrogens with zero attached hydrogens (tertiary/aromatic N) is 1. The number of hydrogen-bond acceptors (Lipinski definition) is 4. The lowest BCUT2D eigenvalue weighted by molar-refractivity contribution is -0.141. The molecule has 110 valence electrons. The molecule has 0 bridgehead atoms. The largest absolute Gasteiger partial charge is 0.472 e. The molecule has 2 aliphatic heterocycles. The van der Waals surface area contributed by atoms with Crippen LogP contribution < -0.4 is 0 Å². The predicted octanol–water partition coefficient (Wildman–Crippen LogP) is 1.11. The molecule has 0 aromatic carbocycles. The molecule has 20 heavy (non-hydrogen) atoms. The molecule has 1 atom stereocenters. The van der Waals surface area contributed by atoms with Gasteiger partial charge in [-0.15, -0.1) is 0 Å². The second-order valence-electron chi connectivity index (χ2n) is 5.90. The Balaban J connectivity index is 1.50. The molecule has 5 nitrogen and oxygen atoms in total. The van der Waals surface area contributed by atoms with Crippen LogP contribution in [0.1, 0.15) is 18.4 Å². The maximum Gasteiger partial charge on any atom is 0.226 e. The lowest BCUT2D eigenvalue weighted by Crippen LogP contribution is -2.54. The van der Waals surface area contributed by atoms with Gasteiger partial charge in [0.1, 0.15) is 0 Å². The molecule has 1 unspecified atom stereocenters. The van der Waals surface area contributed by atoms with E-state index in [1.807, 2.05) is 6.07 Å². The van der Waals surface area contributed by atoms with Gasteiger partial charge < -0.3 is 9.32 Å². The second kappa shape index (κ2) is 5.24. The van der Waals surface area contributed by atoms with Gasteiger partial charge in [-0.25, -0.2) is 8.42 Å². The number of carbonyl (C=O) groups excluding carboxylic acids is 1. The quantitative estimate of drug-likeness (QED) is 0.838. The molecule has 0 spiro atoms. The SMILES string of the molecule is O=C(C1CCCS(=O)(=O)C1)N1CC(Cc2ccoc2)C1. The van der Waals surface area contributed by atoms with Crippen molar-refractivity contribution in [1.82, 2.24) is 4.90 Å². The van der Waals surface area contributed by atoms with Crippen LogP contribution in [0.3, 0.4) is 0 Å². The molecular weight excluding hydrogens is 278 g/mol. The number of furan rings is 1. The third-order valence-electron chi connectivity index (χ3n) is 4.19. The number of amides is 1. The van der Waals surface area contributed by atoms with Crippen LogP contribution in [0, 0.1) is 11.8 Å². The van der Waals surface area contributed by atoms with Crippen LogP contribution in [0.5, 0.6) is 0 Å². The van der Waals surface area contributed by atoms with Crippen LogP contribution >= 0.6 is 0 Å². The molecule has 3 heterocycles. The van der Waals surface area contributed by atoms with E-state index in [9.17, 15) is 13.2 Å². The zero-order chi connectivity index (χ0) is 14.2. The third-order valence-corrected chi connectivity index (χ3v) is 6.01. The van der Waals surface area contributed by atoms with Gasteiger partial charge in [-0.2, -0.15) is 0 Å². The molecule has 0 N–H and O–H groups in total. The molecule has 2 aliphatic rings. The maximum absolute atomic E-state index is 12.3. The fourth-order valence-corrected chi connectivity index (χ4v) is 4.79. The van der Waals surface area contributed by atoms with Crippen molar-refractivity contribution in [2.24, 2.45) is 11.8 Å². The molecule has 2 fully saturated rings. The number of sulfone groups is 1. The number of carbonyl (C=O) groups is 1. The molecule has 2 saturated heterocycles. The zero-order valence-corrected chi connectivity index (χ0v) is 12.1. The summed E-state index contributed by atoms with van der Waals surface area (Å²) in [4.78, 5) is 14.1. The highest BCUT2D eigenvalue weighted by Crippen LogP contribution is 2.26. The lowest BCUT2D eigenvalue weighted by atomic mass is 9.91. The van der Waals surface area contributed by atoms with E-state index in [0.29, 0.717) is 18.8 Å². The summed E-state index contributed by atoms with van der Waals surface area (Å²) in [6.45, 7) is 1.47. The molecule has 1 aromatic rings. The van der Waals surface area contributed by atoms with Gasteiger partial charge >= 0.3 is 0 Å². The van der Waals surface area contributed by atoms with Gasteiger partial charge in [0.25, 0.3) is 0 Å². The second-order valence-corrected chi connectivity index (χ2v) is 8.13. The first kappa shape index (κ1) is 13.7. The number of hydrogen-bond donors (Lipinski definition) is 0. The summed E-state index contributed by atoms with van der Waals surface area (Å²) in [5.41, 5.74) is 1.15. The van der Waals surface area contributed by atoms with Gasteiger partial charge in [0.15, 0.2) is 9.84 Å². The summed E-state index contributed by atoms with van der Waals surface area (Å²) >= 11 is 0. The Morgan fingerprint density at radius 2 is 2.20 bits per heavy atom. The first-order valence-corrected chi connectivity index (χ1v) is 8.86. The maximum atomic E-state index is 12.3. The van der Waals surface area contributed by atoms with Crippen molar-refractivity contribution in [3.05, 3.63) is 24.2 Å². The molecule has 3 rings (SSSR count). The third kappa shape index (κ3) is 2.90. The Kier molecular flexibility index (Phi) is 3.58. The minimum atomic E-state index is -3.01. The molecular formula is C14H19NO4S. The molecule has 0 radical (unpaired) electrons. The number of likely N-dealkylation sites (tertiary alicyclic amines) is 1. The van der Waals surface area contributed by atoms with E-state index in [1.54, 1.807) is 17.4 Å². The van der Waals surface area contributed by atoms with Crippen LogP contribution in [0.2, 0.25) is 0 Å². The smallest absolute Gasteiger partial charge is 0.226 e. The van der Waals surface area contributed by atoms with Gasteiger partial charge in [-0.1, -0.05) is 0 Å². The molecule has 1 aromatic heterocycles. The zero-order valence-electron chi connectivity index (χ0n) is 11.3. The highest BCUT2D eigenvalue weighted by Gasteiger charge is 2.37. The molecule has 6 heteroatoms. The summed E-state index contributed by atoms with van der Waals surface area (Å²) in [5.74, 6) is 0.450. The first-order valence-electron chi connectivity index (χ1n) is 7.04. The highest BCUT2D eigenvalue weighted by atomic mass is 32.2. The van der Waals surface area contributed by atoms with E-state index < -0.39 is 9.84 Å². The molecule has 1 amide bonds. The summed E-state index contributed by atoms with van der Waals surface area (Å²) in [6, 6.07) is 1.94. The van der Waals surface area contributed by atoms with Gasteiger partial charge in [-0.05, 0) is 36.8 Å². The van der Waals surface area contributed by atoms with E-state index in [4.69, 9.17) is 4.42 Å². The average molecular weight is 297 g/mol. The van der Waals surface area contributed by atoms with E-state index >= 15 is 0 Å². The van der Waals surface area contributed by atoms with Gasteiger partial charge in [-0.3, -0.25) is 4.79 Å². The minimum Gasteiger partial charge on any atom is -0.472 e. The topological polar surface area (TPSA) is 67.6 Å². The van der Waals surface area contributed by atoms with Crippen LogP contribution in [0.15, 0.2) is 23.0 Å². The van der Waals surface area contributed by atoms with Crippen LogP contribution in [0.25, 0.3) is 0 Å². The summed E-state index contributed by atoms with van der Waals surface area (Å²) < 4.78 is 28.2. The van der Waals surface area contributed by atoms with Crippen LogP contribution in [-0.2, 0) is 21.1 Å². The Morgan fingerprint density at radius 3 is 2.85 bits per heavy atom. The minimum absolute atomic E-state index is 0.0247. The van der Waals surface area contributed by atoms with Crippen LogP contribution in [0.4, 0.5) is 0 Å². The Labute approximate surface area is 118 Å². The van der Waals surface area contributed by atoms with Crippen molar-refractivity contribution in [2.45, 2.75) is 19.3 Å². The van der Waals surface area contributed by atoms with E-state index in [2.05, 4.69) is 0 Å². The normalized spacial score (nSPS) is 26.2. The van der Waals surface area contributed by atoms with Gasteiger partial charge in [0, 0.05) is 13.1 Å². The average Bonchev–Trinajstić information content (AvgIpc) is 2.84. The van der Waals surface area contributed by atoms with Crippen LogP contribution in [-0.4, -0.2) is 43.8 Å². The van der Waals surface area contributed by atoms with E-state index in [1.165, 1.54) is 0 Å². The van der Waals surface area contributed by atoms with E-state index in [0.717, 1.165) is 25.1 Å². The van der Waals surface area contributed by atoms with Gasteiger partial charge in [0.05, 0.1) is 29.9 Å². The summed E-state index contributed by atoms with van der Waals surface area (Å²) in [5, 5.41) is 0. The summed E-state index contributed by atoms with van der Waals surface area (Å²) in [6.07, 6.45) is 5.64. The Bertz CT molecular complexity index is 572. The summed E-state index contributed by atoms with van der Waals surface area (Å²) in [7, 11) is -3.01. The van der Waals surface area contributed by atoms with E-state index in [-0.39, 0.29) is 23.3 Å².